The highest BCUT2D eigenvalue weighted by Crippen LogP contribution is 2.36. The highest BCUT2D eigenvalue weighted by molar-refractivity contribution is 5.22. The summed E-state index contributed by atoms with van der Waals surface area (Å²) >= 11 is 0. The van der Waals surface area contributed by atoms with Gasteiger partial charge in [-0.2, -0.15) is 0 Å². The van der Waals surface area contributed by atoms with E-state index in [1.165, 1.54) is 12.1 Å². The molecule has 0 atom stereocenters. The molecule has 2 N–H and O–H groups in total. The van der Waals surface area contributed by atoms with Crippen LogP contribution in [0.4, 0.5) is 4.39 Å². The van der Waals surface area contributed by atoms with Gasteiger partial charge in [0.25, 0.3) is 0 Å². The van der Waals surface area contributed by atoms with Crippen molar-refractivity contribution in [1.82, 2.24) is 0 Å². The number of halogens is 1. The molecule has 0 radical (unpaired) electrons. The third-order valence-electron chi connectivity index (χ3n) is 2.78. The van der Waals surface area contributed by atoms with E-state index in [2.05, 4.69) is 0 Å². The number of hydrogen-bond acceptors (Lipinski definition) is 2. The molecule has 82 valence electrons. The Hall–Kier alpha value is -1.09. The molecule has 0 unspecified atom stereocenters. The maximum atomic E-state index is 12.8. The summed E-state index contributed by atoms with van der Waals surface area (Å²) in [7, 11) is 0. The molecule has 0 bridgehead atoms. The lowest BCUT2D eigenvalue weighted by molar-refractivity contribution is 0.298. The van der Waals surface area contributed by atoms with Crippen LogP contribution in [0.15, 0.2) is 24.3 Å². The quantitative estimate of drug-likeness (QED) is 0.756. The van der Waals surface area contributed by atoms with E-state index in [0.29, 0.717) is 12.4 Å². The average Bonchev–Trinajstić information content (AvgIpc) is 2.92. The third-order valence-corrected chi connectivity index (χ3v) is 2.78. The second-order valence-corrected chi connectivity index (χ2v) is 4.27. The zero-order valence-electron chi connectivity index (χ0n) is 8.71. The molecule has 15 heavy (non-hydrogen) atoms. The zero-order valence-corrected chi connectivity index (χ0v) is 8.71. The van der Waals surface area contributed by atoms with Crippen LogP contribution in [0.2, 0.25) is 0 Å². The predicted molar refractivity (Wildman–Crippen MR) is 57.3 cm³/mol. The second-order valence-electron chi connectivity index (χ2n) is 4.27. The molecule has 1 aliphatic carbocycles. The van der Waals surface area contributed by atoms with Crippen molar-refractivity contribution in [3.63, 3.8) is 0 Å². The molecule has 0 saturated heterocycles. The second kappa shape index (κ2) is 4.19. The molecule has 2 nitrogen and oxygen atoms in total. The van der Waals surface area contributed by atoms with E-state index >= 15 is 0 Å². The lowest BCUT2D eigenvalue weighted by atomic mass is 10.1. The topological polar surface area (TPSA) is 35.2 Å². The SMILES string of the molecule is NC1(CCCOc2cccc(F)c2)CC1. The molecule has 0 amide bonds. The number of hydrogen-bond donors (Lipinski definition) is 1. The molecule has 1 fully saturated rings. The first-order valence-electron chi connectivity index (χ1n) is 5.35. The standard InChI is InChI=1S/C12H16FNO/c13-10-3-1-4-11(9-10)15-8-2-5-12(14)6-7-12/h1,3-4,9H,2,5-8,14H2. The van der Waals surface area contributed by atoms with Gasteiger partial charge in [-0.15, -0.1) is 0 Å². The summed E-state index contributed by atoms with van der Waals surface area (Å²) in [6.45, 7) is 0.613. The van der Waals surface area contributed by atoms with E-state index in [-0.39, 0.29) is 11.4 Å². The number of benzene rings is 1. The van der Waals surface area contributed by atoms with E-state index in [1.807, 2.05) is 0 Å². The molecule has 0 aliphatic heterocycles. The van der Waals surface area contributed by atoms with E-state index in [1.54, 1.807) is 12.1 Å². The average molecular weight is 209 g/mol. The maximum absolute atomic E-state index is 12.8. The van der Waals surface area contributed by atoms with Crippen LogP contribution in [0.3, 0.4) is 0 Å². The van der Waals surface area contributed by atoms with Gasteiger partial charge in [0, 0.05) is 11.6 Å². The smallest absolute Gasteiger partial charge is 0.126 e. The Bertz CT molecular complexity index is 336. The van der Waals surface area contributed by atoms with E-state index in [0.717, 1.165) is 25.7 Å². The fourth-order valence-corrected chi connectivity index (χ4v) is 1.58. The van der Waals surface area contributed by atoms with Crippen LogP contribution in [-0.2, 0) is 0 Å². The minimum atomic E-state index is -0.259. The Morgan fingerprint density at radius 3 is 2.87 bits per heavy atom. The predicted octanol–water partition coefficient (Wildman–Crippen LogP) is 2.48. The van der Waals surface area contributed by atoms with Crippen molar-refractivity contribution >= 4 is 0 Å². The molecular formula is C12H16FNO. The first-order chi connectivity index (χ1) is 7.18. The van der Waals surface area contributed by atoms with Crippen LogP contribution in [0.25, 0.3) is 0 Å². The third kappa shape index (κ3) is 3.20. The van der Waals surface area contributed by atoms with Crippen molar-refractivity contribution in [2.45, 2.75) is 31.2 Å². The van der Waals surface area contributed by atoms with Crippen LogP contribution >= 0.6 is 0 Å². The van der Waals surface area contributed by atoms with Crippen molar-refractivity contribution < 1.29 is 9.13 Å². The number of nitrogens with two attached hydrogens (primary N) is 1. The molecule has 1 aromatic carbocycles. The van der Waals surface area contributed by atoms with Gasteiger partial charge in [-0.25, -0.2) is 4.39 Å². The van der Waals surface area contributed by atoms with Gasteiger partial charge in [-0.3, -0.25) is 0 Å². The Morgan fingerprint density at radius 1 is 1.40 bits per heavy atom. The Balaban J connectivity index is 1.69. The Kier molecular flexibility index (Phi) is 2.91. The van der Waals surface area contributed by atoms with Crippen molar-refractivity contribution in [1.29, 1.82) is 0 Å². The molecule has 1 aromatic rings. The van der Waals surface area contributed by atoms with Gasteiger partial charge in [0.05, 0.1) is 6.61 Å². The Labute approximate surface area is 89.2 Å². The van der Waals surface area contributed by atoms with Gasteiger partial charge in [0.15, 0.2) is 0 Å². The first-order valence-corrected chi connectivity index (χ1v) is 5.35. The van der Waals surface area contributed by atoms with Crippen molar-refractivity contribution in [2.24, 2.45) is 5.73 Å². The van der Waals surface area contributed by atoms with Crippen LogP contribution in [-0.4, -0.2) is 12.1 Å². The number of rotatable bonds is 5. The van der Waals surface area contributed by atoms with Gasteiger partial charge in [-0.05, 0) is 37.8 Å². The van der Waals surface area contributed by atoms with Gasteiger partial charge in [0.1, 0.15) is 11.6 Å². The monoisotopic (exact) mass is 209 g/mol. The van der Waals surface area contributed by atoms with Crippen molar-refractivity contribution in [3.05, 3.63) is 30.1 Å². The minimum absolute atomic E-state index is 0.0886. The van der Waals surface area contributed by atoms with Crippen molar-refractivity contribution in [3.8, 4) is 5.75 Å². The molecule has 1 saturated carbocycles. The Morgan fingerprint density at radius 2 is 2.20 bits per heavy atom. The lowest BCUT2D eigenvalue weighted by Gasteiger charge is -2.09. The summed E-state index contributed by atoms with van der Waals surface area (Å²) in [5.74, 6) is 0.335. The van der Waals surface area contributed by atoms with E-state index in [4.69, 9.17) is 10.5 Å². The fraction of sp³-hybridized carbons (Fsp3) is 0.500. The highest BCUT2D eigenvalue weighted by Gasteiger charge is 2.37. The van der Waals surface area contributed by atoms with Gasteiger partial charge in [-0.1, -0.05) is 6.07 Å². The molecule has 2 rings (SSSR count). The largest absolute Gasteiger partial charge is 0.493 e. The summed E-state index contributed by atoms with van der Waals surface area (Å²) in [5, 5.41) is 0. The normalized spacial score (nSPS) is 17.5. The van der Waals surface area contributed by atoms with Crippen molar-refractivity contribution in [2.75, 3.05) is 6.61 Å². The fourth-order valence-electron chi connectivity index (χ4n) is 1.58. The van der Waals surface area contributed by atoms with Crippen LogP contribution in [0, 0.1) is 5.82 Å². The lowest BCUT2D eigenvalue weighted by Crippen LogP contribution is -2.22. The first kappa shape index (κ1) is 10.4. The van der Waals surface area contributed by atoms with Crippen LogP contribution < -0.4 is 10.5 Å². The number of ether oxygens (including phenoxy) is 1. The summed E-state index contributed by atoms with van der Waals surface area (Å²) in [5.41, 5.74) is 6.02. The summed E-state index contributed by atoms with van der Waals surface area (Å²) in [6.07, 6.45) is 4.20. The molecular weight excluding hydrogens is 193 g/mol. The van der Waals surface area contributed by atoms with Crippen LogP contribution in [0.5, 0.6) is 5.75 Å². The summed E-state index contributed by atoms with van der Waals surface area (Å²) in [6, 6.07) is 6.22. The molecule has 0 spiro atoms. The van der Waals surface area contributed by atoms with Gasteiger partial charge < -0.3 is 10.5 Å². The maximum Gasteiger partial charge on any atom is 0.126 e. The van der Waals surface area contributed by atoms with E-state index in [9.17, 15) is 4.39 Å². The van der Waals surface area contributed by atoms with Crippen LogP contribution in [0.1, 0.15) is 25.7 Å². The zero-order chi connectivity index (χ0) is 10.7. The minimum Gasteiger partial charge on any atom is -0.493 e. The molecule has 3 heteroatoms. The van der Waals surface area contributed by atoms with E-state index < -0.39 is 0 Å². The molecule has 0 heterocycles. The summed E-state index contributed by atoms with van der Waals surface area (Å²) in [4.78, 5) is 0. The molecule has 1 aliphatic rings. The summed E-state index contributed by atoms with van der Waals surface area (Å²) < 4.78 is 18.2. The van der Waals surface area contributed by atoms with Gasteiger partial charge >= 0.3 is 0 Å². The van der Waals surface area contributed by atoms with Gasteiger partial charge in [0.2, 0.25) is 0 Å². The molecule has 0 aromatic heterocycles. The highest BCUT2D eigenvalue weighted by atomic mass is 19.1.